The topological polar surface area (TPSA) is 125 Å². The molecule has 0 bridgehead atoms. The number of ether oxygens (including phenoxy) is 1. The summed E-state index contributed by atoms with van der Waals surface area (Å²) < 4.78 is 29.7. The summed E-state index contributed by atoms with van der Waals surface area (Å²) in [4.78, 5) is 11.3. The number of hydrogen-bond donors (Lipinski definition) is 3. The standard InChI is InChI=1S/C19H23N7O3S/c1-30(27,28)18-15-16(20-12-5-6-12)22-19(23-17(15)24-25-18)21-13-3-2-4-14(11-13)26-7-9-29-10-8-26/h2-4,11-12H,5-10H2,1H3,(H3,20,21,22,23,24,25). The number of sulfone groups is 1. The molecule has 0 atom stereocenters. The number of nitrogens with zero attached hydrogens (tertiary/aromatic N) is 4. The number of morpholine rings is 1. The summed E-state index contributed by atoms with van der Waals surface area (Å²) in [6, 6.07) is 8.32. The number of anilines is 4. The van der Waals surface area contributed by atoms with Gasteiger partial charge in [-0.3, -0.25) is 5.10 Å². The summed E-state index contributed by atoms with van der Waals surface area (Å²) in [5.41, 5.74) is 2.25. The molecule has 2 fully saturated rings. The van der Waals surface area contributed by atoms with Gasteiger partial charge in [0.25, 0.3) is 0 Å². The third-order valence-electron chi connectivity index (χ3n) is 5.15. The molecule has 158 valence electrons. The molecule has 1 aromatic carbocycles. The molecule has 2 aromatic heterocycles. The van der Waals surface area contributed by atoms with Crippen LogP contribution in [-0.2, 0) is 14.6 Å². The van der Waals surface area contributed by atoms with Crippen LogP contribution < -0.4 is 15.5 Å². The molecule has 3 N–H and O–H groups in total. The van der Waals surface area contributed by atoms with E-state index in [0.29, 0.717) is 28.8 Å². The van der Waals surface area contributed by atoms with Crippen LogP contribution in [0.25, 0.3) is 11.0 Å². The maximum absolute atomic E-state index is 12.1. The molecule has 2 aliphatic rings. The lowest BCUT2D eigenvalue weighted by molar-refractivity contribution is 0.122. The molecular formula is C19H23N7O3S. The highest BCUT2D eigenvalue weighted by molar-refractivity contribution is 7.90. The zero-order valence-corrected chi connectivity index (χ0v) is 17.4. The van der Waals surface area contributed by atoms with Gasteiger partial charge in [0, 0.05) is 36.8 Å². The molecule has 0 amide bonds. The summed E-state index contributed by atoms with van der Waals surface area (Å²) in [6.07, 6.45) is 3.20. The summed E-state index contributed by atoms with van der Waals surface area (Å²) in [5, 5.41) is 13.7. The summed E-state index contributed by atoms with van der Waals surface area (Å²) in [5.74, 6) is 0.833. The number of H-pyrrole nitrogens is 1. The fraction of sp³-hybridized carbons (Fsp3) is 0.421. The Morgan fingerprint density at radius 1 is 1.20 bits per heavy atom. The van der Waals surface area contributed by atoms with Crippen molar-refractivity contribution in [3.8, 4) is 0 Å². The number of aromatic amines is 1. The number of benzene rings is 1. The maximum atomic E-state index is 12.1. The smallest absolute Gasteiger partial charge is 0.231 e. The Labute approximate surface area is 174 Å². The maximum Gasteiger partial charge on any atom is 0.231 e. The Hall–Kier alpha value is -2.92. The van der Waals surface area contributed by atoms with Crippen molar-refractivity contribution in [2.24, 2.45) is 0 Å². The summed E-state index contributed by atoms with van der Waals surface area (Å²) in [6.45, 7) is 3.14. The van der Waals surface area contributed by atoms with Crippen LogP contribution in [-0.4, -0.2) is 67.2 Å². The van der Waals surface area contributed by atoms with Gasteiger partial charge in [-0.2, -0.15) is 15.1 Å². The summed E-state index contributed by atoms with van der Waals surface area (Å²) in [7, 11) is -3.49. The Morgan fingerprint density at radius 3 is 2.73 bits per heavy atom. The van der Waals surface area contributed by atoms with Crippen molar-refractivity contribution in [1.29, 1.82) is 0 Å². The Kier molecular flexibility index (Phi) is 4.70. The van der Waals surface area contributed by atoms with Crippen molar-refractivity contribution in [3.63, 3.8) is 0 Å². The molecule has 0 radical (unpaired) electrons. The van der Waals surface area contributed by atoms with Gasteiger partial charge in [-0.1, -0.05) is 6.07 Å². The molecule has 1 saturated carbocycles. The van der Waals surface area contributed by atoms with Gasteiger partial charge in [0.1, 0.15) is 11.2 Å². The van der Waals surface area contributed by atoms with Crippen molar-refractivity contribution < 1.29 is 13.2 Å². The van der Waals surface area contributed by atoms with Gasteiger partial charge in [0.05, 0.1) is 13.2 Å². The van der Waals surface area contributed by atoms with Gasteiger partial charge in [-0.15, -0.1) is 0 Å². The van der Waals surface area contributed by atoms with E-state index in [-0.39, 0.29) is 5.03 Å². The van der Waals surface area contributed by atoms with Gasteiger partial charge < -0.3 is 20.3 Å². The molecule has 0 unspecified atom stereocenters. The van der Waals surface area contributed by atoms with E-state index in [1.54, 1.807) is 0 Å². The van der Waals surface area contributed by atoms with Gasteiger partial charge in [-0.25, -0.2) is 8.42 Å². The fourth-order valence-corrected chi connectivity index (χ4v) is 4.25. The Morgan fingerprint density at radius 2 is 2.00 bits per heavy atom. The minimum atomic E-state index is -3.49. The highest BCUT2D eigenvalue weighted by atomic mass is 32.2. The molecule has 30 heavy (non-hydrogen) atoms. The monoisotopic (exact) mass is 429 g/mol. The van der Waals surface area contributed by atoms with E-state index in [1.807, 2.05) is 18.2 Å². The molecule has 1 aliphatic carbocycles. The second kappa shape index (κ2) is 7.40. The lowest BCUT2D eigenvalue weighted by Crippen LogP contribution is -2.36. The zero-order valence-electron chi connectivity index (χ0n) is 16.6. The van der Waals surface area contributed by atoms with Gasteiger partial charge in [0.2, 0.25) is 5.95 Å². The normalized spacial score (nSPS) is 17.3. The van der Waals surface area contributed by atoms with Crippen molar-refractivity contribution in [2.75, 3.05) is 48.1 Å². The molecule has 1 saturated heterocycles. The first-order valence-electron chi connectivity index (χ1n) is 9.90. The lowest BCUT2D eigenvalue weighted by atomic mass is 10.2. The number of aromatic nitrogens is 4. The predicted octanol–water partition coefficient (Wildman–Crippen LogP) is 1.91. The second-order valence-corrected chi connectivity index (χ2v) is 9.57. The average molecular weight is 430 g/mol. The molecular weight excluding hydrogens is 406 g/mol. The van der Waals surface area contributed by atoms with E-state index in [1.165, 1.54) is 0 Å². The predicted molar refractivity (Wildman–Crippen MR) is 114 cm³/mol. The number of hydrogen-bond acceptors (Lipinski definition) is 9. The third kappa shape index (κ3) is 3.90. The lowest BCUT2D eigenvalue weighted by Gasteiger charge is -2.29. The molecule has 1 aliphatic heterocycles. The van der Waals surface area contributed by atoms with Crippen LogP contribution in [0.2, 0.25) is 0 Å². The van der Waals surface area contributed by atoms with E-state index in [9.17, 15) is 8.42 Å². The van der Waals surface area contributed by atoms with E-state index in [0.717, 1.165) is 56.8 Å². The highest BCUT2D eigenvalue weighted by Gasteiger charge is 2.27. The van der Waals surface area contributed by atoms with Crippen LogP contribution in [0.4, 0.5) is 23.1 Å². The highest BCUT2D eigenvalue weighted by Crippen LogP contribution is 2.32. The largest absolute Gasteiger partial charge is 0.378 e. The van der Waals surface area contributed by atoms with Gasteiger partial charge in [0.15, 0.2) is 20.5 Å². The van der Waals surface area contributed by atoms with Crippen LogP contribution in [0.5, 0.6) is 0 Å². The minimum absolute atomic E-state index is 0.0292. The Balaban J connectivity index is 1.49. The fourth-order valence-electron chi connectivity index (χ4n) is 3.48. The van der Waals surface area contributed by atoms with Crippen LogP contribution in [0.3, 0.4) is 0 Å². The Bertz CT molecular complexity index is 1180. The minimum Gasteiger partial charge on any atom is -0.378 e. The molecule has 10 nitrogen and oxygen atoms in total. The van der Waals surface area contributed by atoms with Crippen LogP contribution in [0.15, 0.2) is 29.3 Å². The van der Waals surface area contributed by atoms with E-state index in [2.05, 4.69) is 41.8 Å². The number of nitrogens with one attached hydrogen (secondary N) is 3. The van der Waals surface area contributed by atoms with Gasteiger partial charge >= 0.3 is 0 Å². The van der Waals surface area contributed by atoms with E-state index < -0.39 is 9.84 Å². The quantitative estimate of drug-likeness (QED) is 0.539. The van der Waals surface area contributed by atoms with Crippen LogP contribution >= 0.6 is 0 Å². The zero-order chi connectivity index (χ0) is 20.7. The second-order valence-electron chi connectivity index (χ2n) is 7.61. The van der Waals surface area contributed by atoms with Gasteiger partial charge in [-0.05, 0) is 31.0 Å². The molecule has 0 spiro atoms. The molecule has 3 aromatic rings. The molecule has 3 heterocycles. The molecule has 11 heteroatoms. The van der Waals surface area contributed by atoms with Crippen molar-refractivity contribution in [2.45, 2.75) is 23.9 Å². The van der Waals surface area contributed by atoms with Crippen molar-refractivity contribution in [1.82, 2.24) is 20.2 Å². The first-order valence-corrected chi connectivity index (χ1v) is 11.8. The van der Waals surface area contributed by atoms with Crippen LogP contribution in [0.1, 0.15) is 12.8 Å². The van der Waals surface area contributed by atoms with Crippen molar-refractivity contribution in [3.05, 3.63) is 24.3 Å². The first kappa shape index (κ1) is 19.1. The van der Waals surface area contributed by atoms with E-state index in [4.69, 9.17) is 4.74 Å². The van der Waals surface area contributed by atoms with E-state index >= 15 is 0 Å². The van der Waals surface area contributed by atoms with Crippen molar-refractivity contribution >= 4 is 44.0 Å². The number of rotatable bonds is 6. The average Bonchev–Trinajstić information content (AvgIpc) is 3.43. The summed E-state index contributed by atoms with van der Waals surface area (Å²) >= 11 is 0. The van der Waals surface area contributed by atoms with Crippen LogP contribution in [0, 0.1) is 0 Å². The number of fused-ring (bicyclic) bond motifs is 1. The SMILES string of the molecule is CS(=O)(=O)c1[nH]nc2nc(Nc3cccc(N4CCOCC4)c3)nc(NC3CC3)c12. The third-order valence-corrected chi connectivity index (χ3v) is 6.18. The first-order chi connectivity index (χ1) is 14.5. The molecule has 5 rings (SSSR count).